The summed E-state index contributed by atoms with van der Waals surface area (Å²) in [5.74, 6) is -0.722. The van der Waals surface area contributed by atoms with E-state index in [0.29, 0.717) is 23.6 Å². The van der Waals surface area contributed by atoms with E-state index in [1.54, 1.807) is 18.2 Å². The number of anilines is 2. The largest absolute Gasteiger partial charge is 0.480 e. The van der Waals surface area contributed by atoms with Gasteiger partial charge in [0.2, 0.25) is 0 Å². The third-order valence-electron chi connectivity index (χ3n) is 3.85. The maximum atomic E-state index is 12.3. The van der Waals surface area contributed by atoms with E-state index >= 15 is 0 Å². The molecule has 0 heterocycles. The summed E-state index contributed by atoms with van der Waals surface area (Å²) in [4.78, 5) is 23.6. The first-order valence-corrected chi connectivity index (χ1v) is 8.79. The van der Waals surface area contributed by atoms with E-state index in [0.717, 1.165) is 12.1 Å². The number of amides is 1. The third kappa shape index (κ3) is 7.03. The van der Waals surface area contributed by atoms with E-state index in [9.17, 15) is 14.7 Å². The number of aliphatic carboxylic acids is 1. The van der Waals surface area contributed by atoms with Crippen molar-refractivity contribution >= 4 is 23.3 Å². The van der Waals surface area contributed by atoms with Gasteiger partial charge < -0.3 is 21.5 Å². The third-order valence-corrected chi connectivity index (χ3v) is 3.85. The Labute approximate surface area is 150 Å². The van der Waals surface area contributed by atoms with E-state index in [1.165, 1.54) is 0 Å². The number of carbonyl (C=O) groups is 2. The van der Waals surface area contributed by atoms with Gasteiger partial charge in [0.1, 0.15) is 6.04 Å². The van der Waals surface area contributed by atoms with E-state index in [-0.39, 0.29) is 12.0 Å². The van der Waals surface area contributed by atoms with Gasteiger partial charge in [-0.05, 0) is 49.8 Å². The van der Waals surface area contributed by atoms with Crippen molar-refractivity contribution in [2.24, 2.45) is 11.8 Å². The normalized spacial score (nSPS) is 13.6. The lowest BCUT2D eigenvalue weighted by molar-refractivity contribution is -0.139. The summed E-state index contributed by atoms with van der Waals surface area (Å²) in [6.07, 6.45) is 1.39. The minimum atomic E-state index is -1.03. The predicted molar refractivity (Wildman–Crippen MR) is 102 cm³/mol. The lowest BCUT2D eigenvalue weighted by atomic mass is 10.0. The molecule has 25 heavy (non-hydrogen) atoms. The molecule has 2 unspecified atom stereocenters. The van der Waals surface area contributed by atoms with Gasteiger partial charge in [0.15, 0.2) is 0 Å². The van der Waals surface area contributed by atoms with Crippen molar-refractivity contribution in [2.75, 3.05) is 11.1 Å². The van der Waals surface area contributed by atoms with Crippen LogP contribution >= 0.6 is 0 Å². The molecule has 5 N–H and O–H groups in total. The minimum absolute atomic E-state index is 0.167. The molecule has 6 heteroatoms. The Morgan fingerprint density at radius 1 is 1.08 bits per heavy atom. The molecule has 0 fully saturated rings. The molecule has 6 nitrogen and oxygen atoms in total. The molecule has 0 aromatic heterocycles. The maximum absolute atomic E-state index is 12.3. The van der Waals surface area contributed by atoms with Gasteiger partial charge in [-0.25, -0.2) is 4.79 Å². The highest BCUT2D eigenvalue weighted by molar-refractivity contribution is 5.98. The number of carboxylic acid groups (broad SMARTS) is 1. The Hall–Kier alpha value is -2.24. The molecule has 0 radical (unpaired) electrons. The van der Waals surface area contributed by atoms with Gasteiger partial charge in [0.25, 0.3) is 5.91 Å². The average Bonchev–Trinajstić information content (AvgIpc) is 2.47. The summed E-state index contributed by atoms with van der Waals surface area (Å²) >= 11 is 0. The van der Waals surface area contributed by atoms with Crippen molar-refractivity contribution < 1.29 is 14.7 Å². The lowest BCUT2D eigenvalue weighted by Gasteiger charge is -2.19. The molecule has 0 saturated heterocycles. The monoisotopic (exact) mass is 349 g/mol. The van der Waals surface area contributed by atoms with Crippen molar-refractivity contribution in [3.8, 4) is 0 Å². The summed E-state index contributed by atoms with van der Waals surface area (Å²) in [6.45, 7) is 10.2. The van der Waals surface area contributed by atoms with Gasteiger partial charge in [0, 0.05) is 11.6 Å². The summed E-state index contributed by atoms with van der Waals surface area (Å²) in [5, 5.41) is 15.1. The predicted octanol–water partition coefficient (Wildman–Crippen LogP) is 3.34. The highest BCUT2D eigenvalue weighted by atomic mass is 16.4. The smallest absolute Gasteiger partial charge is 0.326 e. The van der Waals surface area contributed by atoms with Crippen LogP contribution in [0.3, 0.4) is 0 Å². The second kappa shape index (κ2) is 9.30. The Kier molecular flexibility index (Phi) is 7.74. The second-order valence-corrected chi connectivity index (χ2v) is 7.47. The topological polar surface area (TPSA) is 104 Å². The number of carbonyl (C=O) groups excluding carboxylic acids is 1. The highest BCUT2D eigenvalue weighted by Gasteiger charge is 2.22. The molecule has 2 atom stereocenters. The van der Waals surface area contributed by atoms with Crippen LogP contribution in [-0.2, 0) is 4.79 Å². The zero-order valence-corrected chi connectivity index (χ0v) is 15.8. The maximum Gasteiger partial charge on any atom is 0.326 e. The van der Waals surface area contributed by atoms with Crippen molar-refractivity contribution in [1.29, 1.82) is 0 Å². The van der Waals surface area contributed by atoms with Crippen LogP contribution in [0.2, 0.25) is 0 Å². The van der Waals surface area contributed by atoms with Crippen LogP contribution in [0.15, 0.2) is 18.2 Å². The van der Waals surface area contributed by atoms with Gasteiger partial charge in [0.05, 0.1) is 11.4 Å². The molecule has 1 aromatic carbocycles. The van der Waals surface area contributed by atoms with Crippen LogP contribution in [0.4, 0.5) is 11.4 Å². The van der Waals surface area contributed by atoms with Crippen LogP contribution in [0.25, 0.3) is 0 Å². The first-order chi connectivity index (χ1) is 11.6. The zero-order chi connectivity index (χ0) is 19.1. The van der Waals surface area contributed by atoms with E-state index in [1.807, 2.05) is 13.8 Å². The summed E-state index contributed by atoms with van der Waals surface area (Å²) in [7, 11) is 0. The first-order valence-electron chi connectivity index (χ1n) is 8.79. The molecule has 140 valence electrons. The highest BCUT2D eigenvalue weighted by Crippen LogP contribution is 2.22. The molecule has 0 aliphatic rings. The molecule has 0 spiro atoms. The van der Waals surface area contributed by atoms with Crippen LogP contribution in [0, 0.1) is 11.8 Å². The minimum Gasteiger partial charge on any atom is -0.480 e. The Morgan fingerprint density at radius 3 is 2.16 bits per heavy atom. The summed E-state index contributed by atoms with van der Waals surface area (Å²) < 4.78 is 0. The van der Waals surface area contributed by atoms with Crippen LogP contribution in [0.1, 0.15) is 57.8 Å². The summed E-state index contributed by atoms with van der Waals surface area (Å²) in [6, 6.07) is 4.36. The van der Waals surface area contributed by atoms with Gasteiger partial charge in [-0.2, -0.15) is 0 Å². The van der Waals surface area contributed by atoms with Crippen LogP contribution in [-0.4, -0.2) is 29.1 Å². The molecular weight excluding hydrogens is 318 g/mol. The number of hydrogen-bond acceptors (Lipinski definition) is 4. The molecule has 1 aromatic rings. The Balaban J connectivity index is 2.80. The fourth-order valence-corrected chi connectivity index (χ4v) is 2.80. The van der Waals surface area contributed by atoms with E-state index in [4.69, 9.17) is 5.73 Å². The Morgan fingerprint density at radius 2 is 1.68 bits per heavy atom. The molecule has 0 bridgehead atoms. The standard InChI is InChI=1S/C19H31N3O3/c1-11(2)8-13(5)21-16-7-6-14(10-15(16)20)18(23)22-17(19(24)25)9-12(3)4/h6-7,10-13,17,21H,8-9,20H2,1-5H3,(H,22,23)(H,24,25). The van der Waals surface area contributed by atoms with Crippen molar-refractivity contribution in [3.63, 3.8) is 0 Å². The number of nitrogens with two attached hydrogens (primary N) is 1. The number of carboxylic acids is 1. The molecule has 0 saturated carbocycles. The van der Waals surface area contributed by atoms with Crippen molar-refractivity contribution in [1.82, 2.24) is 5.32 Å². The van der Waals surface area contributed by atoms with Crippen molar-refractivity contribution in [2.45, 2.75) is 59.5 Å². The van der Waals surface area contributed by atoms with E-state index in [2.05, 4.69) is 31.4 Å². The quantitative estimate of drug-likeness (QED) is 0.512. The van der Waals surface area contributed by atoms with Gasteiger partial charge in [-0.1, -0.05) is 27.7 Å². The number of benzene rings is 1. The van der Waals surface area contributed by atoms with Gasteiger partial charge in [-0.3, -0.25) is 4.79 Å². The molecule has 0 aliphatic heterocycles. The van der Waals surface area contributed by atoms with Crippen molar-refractivity contribution in [3.05, 3.63) is 23.8 Å². The molecule has 1 amide bonds. The van der Waals surface area contributed by atoms with E-state index < -0.39 is 17.9 Å². The number of rotatable bonds is 9. The SMILES string of the molecule is CC(C)CC(C)Nc1ccc(C(=O)NC(CC(C)C)C(=O)O)cc1N. The number of hydrogen-bond donors (Lipinski definition) is 4. The zero-order valence-electron chi connectivity index (χ0n) is 15.8. The number of nitrogen functional groups attached to an aromatic ring is 1. The fraction of sp³-hybridized carbons (Fsp3) is 0.579. The van der Waals surface area contributed by atoms with Crippen LogP contribution < -0.4 is 16.4 Å². The average molecular weight is 349 g/mol. The first kappa shape index (κ1) is 20.8. The van der Waals surface area contributed by atoms with Gasteiger partial charge >= 0.3 is 5.97 Å². The number of nitrogens with one attached hydrogen (secondary N) is 2. The van der Waals surface area contributed by atoms with Gasteiger partial charge in [-0.15, -0.1) is 0 Å². The lowest BCUT2D eigenvalue weighted by Crippen LogP contribution is -2.41. The second-order valence-electron chi connectivity index (χ2n) is 7.47. The summed E-state index contributed by atoms with van der Waals surface area (Å²) in [5.41, 5.74) is 7.66. The molecule has 1 rings (SSSR count). The molecule has 0 aliphatic carbocycles. The van der Waals surface area contributed by atoms with Crippen LogP contribution in [0.5, 0.6) is 0 Å². The Bertz CT molecular complexity index is 600. The molecular formula is C19H31N3O3. The fourth-order valence-electron chi connectivity index (χ4n) is 2.80.